The van der Waals surface area contributed by atoms with Crippen LogP contribution in [0.15, 0.2) is 24.5 Å². The quantitative estimate of drug-likeness (QED) is 0.631. The lowest BCUT2D eigenvalue weighted by Gasteiger charge is -2.27. The Kier molecular flexibility index (Phi) is 4.71. The summed E-state index contributed by atoms with van der Waals surface area (Å²) in [5.41, 5.74) is 0.627. The highest BCUT2D eigenvalue weighted by molar-refractivity contribution is 5.95. The van der Waals surface area contributed by atoms with Crippen LogP contribution in [0.3, 0.4) is 0 Å². The molecule has 0 aliphatic carbocycles. The minimum atomic E-state index is -0.456. The van der Waals surface area contributed by atoms with Crippen LogP contribution in [0.1, 0.15) is 22.6 Å². The molecule has 27 heavy (non-hydrogen) atoms. The van der Waals surface area contributed by atoms with Gasteiger partial charge in [0.25, 0.3) is 11.6 Å². The number of fused-ring (bicyclic) bond motifs is 1. The number of nitro groups is 1. The van der Waals surface area contributed by atoms with Gasteiger partial charge < -0.3 is 15.0 Å². The lowest BCUT2D eigenvalue weighted by molar-refractivity contribution is -0.384. The molecule has 4 rings (SSSR count). The van der Waals surface area contributed by atoms with Crippen LogP contribution < -0.4 is 5.32 Å². The maximum absolute atomic E-state index is 12.6. The lowest BCUT2D eigenvalue weighted by atomic mass is 10.1. The van der Waals surface area contributed by atoms with Gasteiger partial charge in [-0.25, -0.2) is 9.67 Å². The van der Waals surface area contributed by atoms with E-state index in [1.165, 1.54) is 12.4 Å². The van der Waals surface area contributed by atoms with Crippen molar-refractivity contribution in [2.45, 2.75) is 25.4 Å². The number of anilines is 1. The Hall–Kier alpha value is -3.01. The van der Waals surface area contributed by atoms with Gasteiger partial charge in [0.2, 0.25) is 0 Å². The first kappa shape index (κ1) is 17.4. The number of ether oxygens (including phenoxy) is 1. The van der Waals surface area contributed by atoms with Crippen molar-refractivity contribution in [1.29, 1.82) is 0 Å². The Morgan fingerprint density at radius 3 is 2.93 bits per heavy atom. The summed E-state index contributed by atoms with van der Waals surface area (Å²) in [5.74, 6) is 0.715. The zero-order valence-corrected chi connectivity index (χ0v) is 14.7. The fourth-order valence-corrected chi connectivity index (χ4v) is 3.46. The van der Waals surface area contributed by atoms with Crippen LogP contribution in [-0.4, -0.2) is 62.8 Å². The molecule has 10 heteroatoms. The Balaban J connectivity index is 1.53. The normalized spacial score (nSPS) is 19.4. The number of aryl methyl sites for hydroxylation is 1. The number of carbonyl (C=O) groups excluding carboxylic acids is 1. The molecule has 0 spiro atoms. The van der Waals surface area contributed by atoms with Crippen molar-refractivity contribution in [3.8, 4) is 0 Å². The second-order valence-electron chi connectivity index (χ2n) is 6.63. The fourth-order valence-electron chi connectivity index (χ4n) is 3.46. The lowest BCUT2D eigenvalue weighted by Crippen LogP contribution is -2.40. The zero-order valence-electron chi connectivity index (χ0n) is 14.7. The number of hydrogen-bond acceptors (Lipinski definition) is 7. The summed E-state index contributed by atoms with van der Waals surface area (Å²) >= 11 is 0. The minimum Gasteiger partial charge on any atom is -0.378 e. The summed E-state index contributed by atoms with van der Waals surface area (Å²) < 4.78 is 7.06. The van der Waals surface area contributed by atoms with Crippen molar-refractivity contribution in [1.82, 2.24) is 19.7 Å². The SMILES string of the molecule is O=C(c1ccc(NC2CCc3ncnn3C2)c([N+](=O)[O-])c1)N1CCOCC1. The molecule has 2 aliphatic rings. The Labute approximate surface area is 155 Å². The highest BCUT2D eigenvalue weighted by atomic mass is 16.6. The van der Waals surface area contributed by atoms with E-state index < -0.39 is 4.92 Å². The zero-order chi connectivity index (χ0) is 18.8. The molecule has 1 amide bonds. The first-order chi connectivity index (χ1) is 13.1. The average Bonchev–Trinajstić information content (AvgIpc) is 3.16. The number of morpholine rings is 1. The second-order valence-corrected chi connectivity index (χ2v) is 6.63. The van der Waals surface area contributed by atoms with E-state index in [9.17, 15) is 14.9 Å². The van der Waals surface area contributed by atoms with E-state index in [0.29, 0.717) is 44.1 Å². The van der Waals surface area contributed by atoms with Gasteiger partial charge >= 0.3 is 0 Å². The number of nitrogens with one attached hydrogen (secondary N) is 1. The van der Waals surface area contributed by atoms with E-state index >= 15 is 0 Å². The fraction of sp³-hybridized carbons (Fsp3) is 0.471. The molecule has 2 aromatic rings. The van der Waals surface area contributed by atoms with Gasteiger partial charge in [-0.1, -0.05) is 0 Å². The Morgan fingerprint density at radius 2 is 2.15 bits per heavy atom. The maximum Gasteiger partial charge on any atom is 0.293 e. The third-order valence-electron chi connectivity index (χ3n) is 4.90. The van der Waals surface area contributed by atoms with Crippen molar-refractivity contribution in [3.63, 3.8) is 0 Å². The molecular weight excluding hydrogens is 352 g/mol. The summed E-state index contributed by atoms with van der Waals surface area (Å²) in [6, 6.07) is 4.61. The number of carbonyl (C=O) groups is 1. The molecule has 142 valence electrons. The van der Waals surface area contributed by atoms with Gasteiger partial charge in [0.15, 0.2) is 0 Å². The molecule has 0 saturated carbocycles. The van der Waals surface area contributed by atoms with Gasteiger partial charge in [-0.05, 0) is 18.6 Å². The molecule has 1 unspecified atom stereocenters. The Bertz CT molecular complexity index is 861. The molecule has 2 aliphatic heterocycles. The molecule has 0 bridgehead atoms. The maximum atomic E-state index is 12.6. The highest BCUT2D eigenvalue weighted by Crippen LogP contribution is 2.28. The summed E-state index contributed by atoms with van der Waals surface area (Å²) in [6.45, 7) is 2.56. The van der Waals surface area contributed by atoms with E-state index in [1.807, 2.05) is 4.68 Å². The molecule has 0 radical (unpaired) electrons. The molecule has 1 atom stereocenters. The standard InChI is InChI=1S/C17H20N6O4/c24-17(21-5-7-27-8-6-21)12-1-3-14(15(9-12)23(25)26)20-13-2-4-16-18-11-19-22(16)10-13/h1,3,9,11,13,20H,2,4-8,10H2. The smallest absolute Gasteiger partial charge is 0.293 e. The second kappa shape index (κ2) is 7.31. The Morgan fingerprint density at radius 1 is 1.33 bits per heavy atom. The summed E-state index contributed by atoms with van der Waals surface area (Å²) in [5, 5.41) is 19.0. The van der Waals surface area contributed by atoms with Crippen LogP contribution in [0.5, 0.6) is 0 Å². The van der Waals surface area contributed by atoms with Crippen LogP contribution in [0.2, 0.25) is 0 Å². The van der Waals surface area contributed by atoms with Crippen LogP contribution in [0, 0.1) is 10.1 Å². The van der Waals surface area contributed by atoms with E-state index in [-0.39, 0.29) is 17.6 Å². The van der Waals surface area contributed by atoms with Crippen LogP contribution in [-0.2, 0) is 17.7 Å². The van der Waals surface area contributed by atoms with Crippen molar-refractivity contribution >= 4 is 17.3 Å². The molecule has 1 N–H and O–H groups in total. The van der Waals surface area contributed by atoms with Crippen molar-refractivity contribution in [2.24, 2.45) is 0 Å². The minimum absolute atomic E-state index is 0.0127. The first-order valence-electron chi connectivity index (χ1n) is 8.90. The number of amides is 1. The van der Waals surface area contributed by atoms with Crippen LogP contribution in [0.25, 0.3) is 0 Å². The van der Waals surface area contributed by atoms with Gasteiger partial charge in [0.1, 0.15) is 17.8 Å². The van der Waals surface area contributed by atoms with E-state index in [0.717, 1.165) is 18.7 Å². The van der Waals surface area contributed by atoms with Gasteiger partial charge in [-0.3, -0.25) is 14.9 Å². The predicted octanol–water partition coefficient (Wildman–Crippen LogP) is 1.09. The first-order valence-corrected chi connectivity index (χ1v) is 8.90. The van der Waals surface area contributed by atoms with E-state index in [1.54, 1.807) is 17.0 Å². The highest BCUT2D eigenvalue weighted by Gasteiger charge is 2.25. The number of nitro benzene ring substituents is 1. The third kappa shape index (κ3) is 3.61. The number of rotatable bonds is 4. The van der Waals surface area contributed by atoms with E-state index in [4.69, 9.17) is 4.74 Å². The molecule has 10 nitrogen and oxygen atoms in total. The summed E-state index contributed by atoms with van der Waals surface area (Å²) in [6.07, 6.45) is 3.09. The average molecular weight is 372 g/mol. The van der Waals surface area contributed by atoms with Crippen LogP contribution >= 0.6 is 0 Å². The summed E-state index contributed by atoms with van der Waals surface area (Å²) in [7, 11) is 0. The third-order valence-corrected chi connectivity index (χ3v) is 4.90. The van der Waals surface area contributed by atoms with Crippen molar-refractivity contribution in [2.75, 3.05) is 31.6 Å². The van der Waals surface area contributed by atoms with Gasteiger partial charge in [-0.2, -0.15) is 5.10 Å². The topological polar surface area (TPSA) is 115 Å². The largest absolute Gasteiger partial charge is 0.378 e. The molecule has 1 aromatic heterocycles. The molecule has 1 aromatic carbocycles. The van der Waals surface area contributed by atoms with Gasteiger partial charge in [0.05, 0.1) is 24.7 Å². The predicted molar refractivity (Wildman–Crippen MR) is 95.6 cm³/mol. The number of nitrogens with zero attached hydrogens (tertiary/aromatic N) is 5. The monoisotopic (exact) mass is 372 g/mol. The molecule has 1 fully saturated rings. The number of hydrogen-bond donors (Lipinski definition) is 1. The number of aromatic nitrogens is 3. The molecule has 1 saturated heterocycles. The van der Waals surface area contributed by atoms with Gasteiger partial charge in [-0.15, -0.1) is 0 Å². The van der Waals surface area contributed by atoms with E-state index in [2.05, 4.69) is 15.4 Å². The summed E-state index contributed by atoms with van der Waals surface area (Å²) in [4.78, 5) is 29.5. The van der Waals surface area contributed by atoms with Gasteiger partial charge in [0, 0.05) is 37.2 Å². The molecule has 3 heterocycles. The van der Waals surface area contributed by atoms with Crippen molar-refractivity contribution in [3.05, 3.63) is 46.0 Å². The van der Waals surface area contributed by atoms with Crippen molar-refractivity contribution < 1.29 is 14.5 Å². The van der Waals surface area contributed by atoms with Crippen LogP contribution in [0.4, 0.5) is 11.4 Å². The molecular formula is C17H20N6O4. The number of benzene rings is 1.